The molecule has 1 fully saturated rings. The van der Waals surface area contributed by atoms with Crippen molar-refractivity contribution in [3.05, 3.63) is 29.3 Å². The van der Waals surface area contributed by atoms with Crippen molar-refractivity contribution in [3.8, 4) is 12.3 Å². The Morgan fingerprint density at radius 1 is 1.47 bits per heavy atom. The van der Waals surface area contributed by atoms with Crippen molar-refractivity contribution in [1.82, 2.24) is 0 Å². The summed E-state index contributed by atoms with van der Waals surface area (Å²) in [5.74, 6) is 0.392. The molecular weight excluding hydrogens is 224 g/mol. The molecule has 1 atom stereocenters. The highest BCUT2D eigenvalue weighted by Crippen LogP contribution is 2.31. The fourth-order valence-corrected chi connectivity index (χ4v) is 1.92. The molecule has 2 nitrogen and oxygen atoms in total. The van der Waals surface area contributed by atoms with Gasteiger partial charge in [0.2, 0.25) is 5.91 Å². The van der Waals surface area contributed by atoms with Crippen molar-refractivity contribution in [2.45, 2.75) is 13.3 Å². The minimum Gasteiger partial charge on any atom is -0.306 e. The zero-order valence-corrected chi connectivity index (χ0v) is 9.34. The van der Waals surface area contributed by atoms with Crippen LogP contribution in [0.1, 0.15) is 12.0 Å². The van der Waals surface area contributed by atoms with Crippen LogP contribution in [0, 0.1) is 36.8 Å². The van der Waals surface area contributed by atoms with Crippen LogP contribution in [0.3, 0.4) is 0 Å². The van der Waals surface area contributed by atoms with Crippen LogP contribution < -0.4 is 4.90 Å². The summed E-state index contributed by atoms with van der Waals surface area (Å²) in [6.45, 7) is 1.70. The van der Waals surface area contributed by atoms with E-state index < -0.39 is 11.6 Å². The molecule has 0 bridgehead atoms. The predicted octanol–water partition coefficient (Wildman–Crippen LogP) is 2.26. The molecule has 1 aromatic rings. The number of carbonyl (C=O) groups is 1. The fraction of sp³-hybridized carbons (Fsp3) is 0.308. The molecule has 1 aliphatic heterocycles. The highest BCUT2D eigenvalue weighted by molar-refractivity contribution is 5.96. The zero-order valence-electron chi connectivity index (χ0n) is 9.34. The second-order valence-electron chi connectivity index (χ2n) is 4.10. The van der Waals surface area contributed by atoms with Gasteiger partial charge in [-0.05, 0) is 18.6 Å². The van der Waals surface area contributed by atoms with Crippen molar-refractivity contribution in [3.63, 3.8) is 0 Å². The van der Waals surface area contributed by atoms with E-state index in [1.807, 2.05) is 0 Å². The summed E-state index contributed by atoms with van der Waals surface area (Å²) < 4.78 is 27.4. The predicted molar refractivity (Wildman–Crippen MR) is 60.4 cm³/mol. The Morgan fingerprint density at radius 3 is 2.76 bits per heavy atom. The Labute approximate surface area is 98.2 Å². The van der Waals surface area contributed by atoms with E-state index in [0.717, 1.165) is 11.0 Å². The second-order valence-corrected chi connectivity index (χ2v) is 4.10. The monoisotopic (exact) mass is 235 g/mol. The quantitative estimate of drug-likeness (QED) is 0.684. The molecule has 88 valence electrons. The maximum absolute atomic E-state index is 13.8. The third kappa shape index (κ3) is 1.89. The van der Waals surface area contributed by atoms with Gasteiger partial charge >= 0.3 is 0 Å². The summed E-state index contributed by atoms with van der Waals surface area (Å²) in [7, 11) is 0. The van der Waals surface area contributed by atoms with Crippen molar-refractivity contribution < 1.29 is 13.6 Å². The Balaban J connectivity index is 2.45. The number of hydrogen-bond acceptors (Lipinski definition) is 1. The summed E-state index contributed by atoms with van der Waals surface area (Å²) in [6, 6.07) is 2.50. The van der Waals surface area contributed by atoms with Gasteiger partial charge in [0, 0.05) is 18.9 Å². The molecule has 17 heavy (non-hydrogen) atoms. The van der Waals surface area contributed by atoms with E-state index in [4.69, 9.17) is 6.42 Å². The van der Waals surface area contributed by atoms with Crippen LogP contribution in [-0.4, -0.2) is 12.5 Å². The van der Waals surface area contributed by atoms with E-state index in [-0.39, 0.29) is 30.5 Å². The molecule has 0 saturated carbocycles. The van der Waals surface area contributed by atoms with Crippen LogP contribution >= 0.6 is 0 Å². The molecule has 1 aliphatic rings. The summed E-state index contributed by atoms with van der Waals surface area (Å²) in [5, 5.41) is 0. The van der Waals surface area contributed by atoms with E-state index in [1.165, 1.54) is 13.0 Å². The lowest BCUT2D eigenvalue weighted by Gasteiger charge is -2.18. The van der Waals surface area contributed by atoms with E-state index in [9.17, 15) is 13.6 Å². The second kappa shape index (κ2) is 4.17. The first-order valence-electron chi connectivity index (χ1n) is 5.25. The smallest absolute Gasteiger partial charge is 0.228 e. The average molecular weight is 235 g/mol. The van der Waals surface area contributed by atoms with Crippen LogP contribution in [0.5, 0.6) is 0 Å². The van der Waals surface area contributed by atoms with Gasteiger partial charge in [-0.3, -0.25) is 4.79 Å². The van der Waals surface area contributed by atoms with E-state index in [1.54, 1.807) is 0 Å². The Kier molecular flexibility index (Phi) is 2.84. The summed E-state index contributed by atoms with van der Waals surface area (Å²) in [6.07, 6.45) is 5.37. The first-order chi connectivity index (χ1) is 8.04. The van der Waals surface area contributed by atoms with Crippen molar-refractivity contribution in [2.75, 3.05) is 11.4 Å². The molecule has 4 heteroatoms. The van der Waals surface area contributed by atoms with E-state index >= 15 is 0 Å². The first-order valence-corrected chi connectivity index (χ1v) is 5.25. The molecule has 0 spiro atoms. The van der Waals surface area contributed by atoms with Crippen LogP contribution in [0.2, 0.25) is 0 Å². The molecule has 1 unspecified atom stereocenters. The minimum atomic E-state index is -0.737. The van der Waals surface area contributed by atoms with E-state index in [0.29, 0.717) is 5.56 Å². The number of carbonyl (C=O) groups excluding carboxylic acids is 1. The molecule has 1 amide bonds. The molecule has 2 rings (SSSR count). The molecule has 0 aliphatic carbocycles. The maximum atomic E-state index is 13.8. The van der Waals surface area contributed by atoms with E-state index in [2.05, 4.69) is 5.92 Å². The number of halogens is 2. The lowest BCUT2D eigenvalue weighted by Crippen LogP contribution is -2.26. The SMILES string of the molecule is C#CC1CC(=O)N(c2c(F)ccc(C)c2F)C1. The number of amides is 1. The van der Waals surface area contributed by atoms with Gasteiger partial charge in [-0.15, -0.1) is 12.3 Å². The number of nitrogens with zero attached hydrogens (tertiary/aromatic N) is 1. The Hall–Kier alpha value is -1.89. The molecule has 1 aromatic carbocycles. The Morgan fingerprint density at radius 2 is 2.18 bits per heavy atom. The number of aryl methyl sites for hydroxylation is 1. The molecular formula is C13H11F2NO. The van der Waals surface area contributed by atoms with Crippen LogP contribution in [-0.2, 0) is 4.79 Å². The van der Waals surface area contributed by atoms with Gasteiger partial charge in [0.1, 0.15) is 11.5 Å². The fourth-order valence-electron chi connectivity index (χ4n) is 1.92. The molecule has 0 aromatic heterocycles. The first kappa shape index (κ1) is 11.6. The van der Waals surface area contributed by atoms with Crippen LogP contribution in [0.4, 0.5) is 14.5 Å². The lowest BCUT2D eigenvalue weighted by molar-refractivity contribution is -0.117. The summed E-state index contributed by atoms with van der Waals surface area (Å²) in [5.41, 5.74) is 0.0195. The van der Waals surface area contributed by atoms with Crippen molar-refractivity contribution in [1.29, 1.82) is 0 Å². The van der Waals surface area contributed by atoms with Gasteiger partial charge < -0.3 is 4.90 Å². The third-order valence-corrected chi connectivity index (χ3v) is 2.89. The lowest BCUT2D eigenvalue weighted by atomic mass is 10.1. The number of hydrogen-bond donors (Lipinski definition) is 0. The van der Waals surface area contributed by atoms with Gasteiger partial charge in [0.15, 0.2) is 5.82 Å². The standard InChI is InChI=1S/C13H11F2NO/c1-3-9-6-11(17)16(7-9)13-10(14)5-4-8(2)12(13)15/h1,4-5,9H,6-7H2,2H3. The van der Waals surface area contributed by atoms with Crippen LogP contribution in [0.25, 0.3) is 0 Å². The molecule has 0 N–H and O–H groups in total. The Bertz CT molecular complexity index is 519. The van der Waals surface area contributed by atoms with Gasteiger partial charge in [-0.25, -0.2) is 8.78 Å². The molecule has 1 heterocycles. The van der Waals surface area contributed by atoms with Crippen molar-refractivity contribution >= 4 is 11.6 Å². The summed E-state index contributed by atoms with van der Waals surface area (Å²) >= 11 is 0. The summed E-state index contributed by atoms with van der Waals surface area (Å²) in [4.78, 5) is 12.8. The van der Waals surface area contributed by atoms with Gasteiger partial charge in [-0.1, -0.05) is 6.07 Å². The molecule has 1 saturated heterocycles. The van der Waals surface area contributed by atoms with Crippen LogP contribution in [0.15, 0.2) is 12.1 Å². The molecule has 0 radical (unpaired) electrons. The number of benzene rings is 1. The highest BCUT2D eigenvalue weighted by atomic mass is 19.1. The number of anilines is 1. The van der Waals surface area contributed by atoms with Gasteiger partial charge in [0.25, 0.3) is 0 Å². The maximum Gasteiger partial charge on any atom is 0.228 e. The third-order valence-electron chi connectivity index (χ3n) is 2.89. The van der Waals surface area contributed by atoms with Gasteiger partial charge in [-0.2, -0.15) is 0 Å². The normalized spacial score (nSPS) is 19.5. The highest BCUT2D eigenvalue weighted by Gasteiger charge is 2.33. The minimum absolute atomic E-state index is 0.142. The largest absolute Gasteiger partial charge is 0.306 e. The zero-order chi connectivity index (χ0) is 12.6. The van der Waals surface area contributed by atoms with Crippen molar-refractivity contribution in [2.24, 2.45) is 5.92 Å². The number of terminal acetylenes is 1. The van der Waals surface area contributed by atoms with Gasteiger partial charge in [0.05, 0.1) is 0 Å². The topological polar surface area (TPSA) is 20.3 Å². The number of rotatable bonds is 1. The average Bonchev–Trinajstić information content (AvgIpc) is 2.66.